The van der Waals surface area contributed by atoms with Gasteiger partial charge in [0.1, 0.15) is 5.75 Å². The molecule has 7 nitrogen and oxygen atoms in total. The smallest absolute Gasteiger partial charge is 0.317 e. The molecule has 2 aliphatic rings. The number of carbonyl (C=O) groups excluding carboxylic acids is 2. The lowest BCUT2D eigenvalue weighted by Gasteiger charge is -2.35. The van der Waals surface area contributed by atoms with E-state index < -0.39 is 0 Å². The first kappa shape index (κ1) is 13.4. The first-order chi connectivity index (χ1) is 10.1. The lowest BCUT2D eigenvalue weighted by Crippen LogP contribution is -2.53. The molecule has 0 aliphatic carbocycles. The zero-order valence-electron chi connectivity index (χ0n) is 11.4. The number of urea groups is 1. The zero-order chi connectivity index (χ0) is 14.8. The summed E-state index contributed by atoms with van der Waals surface area (Å²) in [7, 11) is 0. The largest absolute Gasteiger partial charge is 0.506 e. The summed E-state index contributed by atoms with van der Waals surface area (Å²) in [5.74, 6) is -0.0360. The highest BCUT2D eigenvalue weighted by Gasteiger charge is 2.36. The molecule has 0 radical (unpaired) electrons. The van der Waals surface area contributed by atoms with Gasteiger partial charge in [0.05, 0.1) is 12.2 Å². The van der Waals surface area contributed by atoms with Crippen LogP contribution in [0.5, 0.6) is 5.75 Å². The second-order valence-electron chi connectivity index (χ2n) is 5.13. The van der Waals surface area contributed by atoms with Crippen molar-refractivity contribution in [3.63, 3.8) is 0 Å². The van der Waals surface area contributed by atoms with Crippen molar-refractivity contribution < 1.29 is 14.7 Å². The fourth-order valence-corrected chi connectivity index (χ4v) is 2.61. The van der Waals surface area contributed by atoms with Crippen LogP contribution < -0.4 is 5.32 Å². The number of amides is 3. The monoisotopic (exact) mass is 288 g/mol. The number of nitrogens with one attached hydrogen (secondary N) is 1. The number of hydrogen-bond acceptors (Lipinski definition) is 4. The minimum atomic E-state index is -0.0997. The van der Waals surface area contributed by atoms with Gasteiger partial charge in [0.25, 0.3) is 0 Å². The summed E-state index contributed by atoms with van der Waals surface area (Å²) in [5, 5.41) is 12.1. The van der Waals surface area contributed by atoms with E-state index in [-0.39, 0.29) is 23.7 Å². The number of aromatic nitrogens is 1. The van der Waals surface area contributed by atoms with Gasteiger partial charge in [-0.2, -0.15) is 0 Å². The van der Waals surface area contributed by atoms with Gasteiger partial charge in [-0.25, -0.2) is 4.79 Å². The molecule has 3 rings (SSSR count). The van der Waals surface area contributed by atoms with Gasteiger partial charge in [0, 0.05) is 38.5 Å². The van der Waals surface area contributed by atoms with Crippen LogP contribution in [-0.4, -0.2) is 64.0 Å². The van der Waals surface area contributed by atoms with Crippen molar-refractivity contribution in [1.82, 2.24) is 20.1 Å². The molecule has 2 aliphatic heterocycles. The quantitative estimate of drug-likeness (QED) is 0.752. The molecule has 3 heterocycles. The van der Waals surface area contributed by atoms with Crippen LogP contribution in [0, 0.1) is 0 Å². The van der Waals surface area contributed by atoms with Crippen molar-refractivity contribution in [1.29, 1.82) is 0 Å². The van der Waals surface area contributed by atoms with Crippen LogP contribution in [0.25, 0.3) is 6.08 Å². The Bertz CT molecular complexity index is 602. The van der Waals surface area contributed by atoms with Gasteiger partial charge >= 0.3 is 6.03 Å². The number of carbonyl (C=O) groups is 2. The Morgan fingerprint density at radius 2 is 2.29 bits per heavy atom. The number of fused-ring (bicyclic) bond motifs is 1. The first-order valence-corrected chi connectivity index (χ1v) is 6.79. The van der Waals surface area contributed by atoms with Crippen LogP contribution in [0.3, 0.4) is 0 Å². The topological polar surface area (TPSA) is 85.8 Å². The molecule has 3 amide bonds. The van der Waals surface area contributed by atoms with Crippen molar-refractivity contribution in [2.24, 2.45) is 0 Å². The number of rotatable bonds is 2. The Kier molecular flexibility index (Phi) is 3.47. The fourth-order valence-electron chi connectivity index (χ4n) is 2.61. The van der Waals surface area contributed by atoms with Gasteiger partial charge in [-0.05, 0) is 17.7 Å². The Labute approximate surface area is 121 Å². The van der Waals surface area contributed by atoms with Gasteiger partial charge in [-0.15, -0.1) is 0 Å². The number of aromatic hydroxyl groups is 1. The van der Waals surface area contributed by atoms with Crippen LogP contribution >= 0.6 is 0 Å². The third-order valence-corrected chi connectivity index (χ3v) is 3.71. The van der Waals surface area contributed by atoms with Crippen LogP contribution in [0.4, 0.5) is 4.79 Å². The highest BCUT2D eigenvalue weighted by molar-refractivity contribution is 5.92. The predicted molar refractivity (Wildman–Crippen MR) is 75.4 cm³/mol. The van der Waals surface area contributed by atoms with Crippen LogP contribution in [0.1, 0.15) is 5.56 Å². The van der Waals surface area contributed by atoms with Crippen molar-refractivity contribution >= 4 is 18.0 Å². The van der Waals surface area contributed by atoms with E-state index >= 15 is 0 Å². The van der Waals surface area contributed by atoms with Gasteiger partial charge in [0.15, 0.2) is 0 Å². The van der Waals surface area contributed by atoms with Crippen LogP contribution in [0.2, 0.25) is 0 Å². The maximum atomic E-state index is 12.2. The predicted octanol–water partition coefficient (Wildman–Crippen LogP) is 0.0364. The summed E-state index contributed by atoms with van der Waals surface area (Å²) in [6.45, 7) is 2.22. The van der Waals surface area contributed by atoms with Gasteiger partial charge < -0.3 is 20.2 Å². The zero-order valence-corrected chi connectivity index (χ0v) is 11.4. The third-order valence-electron chi connectivity index (χ3n) is 3.71. The standard InChI is InChI=1S/C14H16N4O3/c19-12-5-10(6-15-8-12)1-2-13(20)17-3-4-18-11(9-17)7-16-14(18)21/h1-2,5-6,8,11,19H,3-4,7,9H2,(H,16,21)/b2-1+. The molecule has 1 aromatic rings. The van der Waals surface area contributed by atoms with E-state index in [4.69, 9.17) is 0 Å². The molecule has 0 spiro atoms. The molecule has 0 aromatic carbocycles. The van der Waals surface area contributed by atoms with E-state index in [0.717, 1.165) is 0 Å². The highest BCUT2D eigenvalue weighted by Crippen LogP contribution is 2.15. The molecule has 2 saturated heterocycles. The second kappa shape index (κ2) is 5.43. The molecule has 0 saturated carbocycles. The van der Waals surface area contributed by atoms with E-state index in [1.165, 1.54) is 18.3 Å². The molecule has 21 heavy (non-hydrogen) atoms. The minimum Gasteiger partial charge on any atom is -0.506 e. The van der Waals surface area contributed by atoms with Crippen molar-refractivity contribution in [3.05, 3.63) is 30.1 Å². The highest BCUT2D eigenvalue weighted by atomic mass is 16.3. The number of pyridine rings is 1. The SMILES string of the molecule is O=C(/C=C/c1cncc(O)c1)N1CCN2C(=O)NCC2C1. The molecule has 110 valence electrons. The average molecular weight is 288 g/mol. The molecule has 2 N–H and O–H groups in total. The fraction of sp³-hybridized carbons (Fsp3) is 0.357. The van der Waals surface area contributed by atoms with Crippen LogP contribution in [-0.2, 0) is 4.79 Å². The summed E-state index contributed by atoms with van der Waals surface area (Å²) in [6, 6.07) is 1.55. The minimum absolute atomic E-state index is 0.0477. The van der Waals surface area contributed by atoms with Crippen molar-refractivity contribution in [2.75, 3.05) is 26.2 Å². The van der Waals surface area contributed by atoms with Crippen molar-refractivity contribution in [2.45, 2.75) is 6.04 Å². The molecule has 1 atom stereocenters. The van der Waals surface area contributed by atoms with E-state index in [0.29, 0.717) is 31.7 Å². The Morgan fingerprint density at radius 1 is 1.43 bits per heavy atom. The van der Waals surface area contributed by atoms with E-state index in [1.54, 1.807) is 22.1 Å². The summed E-state index contributed by atoms with van der Waals surface area (Å²) >= 11 is 0. The Hall–Kier alpha value is -2.57. The lowest BCUT2D eigenvalue weighted by atomic mass is 10.2. The molecule has 2 fully saturated rings. The third kappa shape index (κ3) is 2.81. The molecule has 1 aromatic heterocycles. The Balaban J connectivity index is 1.62. The average Bonchev–Trinajstić information content (AvgIpc) is 2.86. The number of nitrogens with zero attached hydrogens (tertiary/aromatic N) is 3. The van der Waals surface area contributed by atoms with E-state index in [2.05, 4.69) is 10.3 Å². The summed E-state index contributed by atoms with van der Waals surface area (Å²) in [5.41, 5.74) is 0.666. The summed E-state index contributed by atoms with van der Waals surface area (Å²) < 4.78 is 0. The normalized spacial score (nSPS) is 21.5. The first-order valence-electron chi connectivity index (χ1n) is 6.79. The van der Waals surface area contributed by atoms with Gasteiger partial charge in [-0.1, -0.05) is 0 Å². The van der Waals surface area contributed by atoms with E-state index in [9.17, 15) is 14.7 Å². The van der Waals surface area contributed by atoms with Crippen LogP contribution in [0.15, 0.2) is 24.5 Å². The molecule has 1 unspecified atom stereocenters. The summed E-state index contributed by atoms with van der Waals surface area (Å²) in [4.78, 5) is 31.0. The second-order valence-corrected chi connectivity index (χ2v) is 5.13. The molecule has 0 bridgehead atoms. The number of hydrogen-bond donors (Lipinski definition) is 2. The molecular formula is C14H16N4O3. The molecule has 7 heteroatoms. The maximum absolute atomic E-state index is 12.2. The van der Waals surface area contributed by atoms with Crippen molar-refractivity contribution in [3.8, 4) is 5.75 Å². The molecular weight excluding hydrogens is 272 g/mol. The van der Waals surface area contributed by atoms with Gasteiger partial charge in [-0.3, -0.25) is 9.78 Å². The van der Waals surface area contributed by atoms with Gasteiger partial charge in [0.2, 0.25) is 5.91 Å². The maximum Gasteiger partial charge on any atom is 0.317 e. The number of piperazine rings is 1. The summed E-state index contributed by atoms with van der Waals surface area (Å²) in [6.07, 6.45) is 6.00. The Morgan fingerprint density at radius 3 is 3.10 bits per heavy atom. The lowest BCUT2D eigenvalue weighted by molar-refractivity contribution is -0.128. The van der Waals surface area contributed by atoms with E-state index in [1.807, 2.05) is 0 Å².